The van der Waals surface area contributed by atoms with Crippen LogP contribution in [-0.4, -0.2) is 38.0 Å². The van der Waals surface area contributed by atoms with E-state index in [1.54, 1.807) is 26.1 Å². The van der Waals surface area contributed by atoms with Crippen molar-refractivity contribution in [3.8, 4) is 0 Å². The summed E-state index contributed by atoms with van der Waals surface area (Å²) in [6.45, 7) is 3.63. The molecule has 2 aromatic rings. The Morgan fingerprint density at radius 1 is 1.29 bits per heavy atom. The highest BCUT2D eigenvalue weighted by Gasteiger charge is 2.29. The number of rotatable bonds is 8. The van der Waals surface area contributed by atoms with Gasteiger partial charge in [-0.1, -0.05) is 12.1 Å². The van der Waals surface area contributed by atoms with Crippen molar-refractivity contribution in [3.63, 3.8) is 0 Å². The Balaban J connectivity index is 2.11. The smallest absolute Gasteiger partial charge is 0.342 e. The van der Waals surface area contributed by atoms with Crippen LogP contribution in [0, 0.1) is 12.7 Å². The fourth-order valence-electron chi connectivity index (χ4n) is 2.82. The highest BCUT2D eigenvalue weighted by Crippen LogP contribution is 2.27. The number of hydrogen-bond donors (Lipinski definition) is 3. The molecule has 2 amide bonds. The number of carbonyl (C=O) groups excluding carboxylic acids is 3. The van der Waals surface area contributed by atoms with Gasteiger partial charge in [-0.2, -0.15) is 0 Å². The molecule has 28 heavy (non-hydrogen) atoms. The zero-order valence-electron chi connectivity index (χ0n) is 15.9. The van der Waals surface area contributed by atoms with Crippen LogP contribution in [0.4, 0.5) is 10.3 Å². The van der Waals surface area contributed by atoms with Crippen LogP contribution in [-0.2, 0) is 16.1 Å². The molecule has 2 rings (SSSR count). The average molecular weight is 392 g/mol. The molecule has 0 bridgehead atoms. The molecule has 0 saturated heterocycles. The van der Waals surface area contributed by atoms with Crippen molar-refractivity contribution in [1.82, 2.24) is 0 Å². The van der Waals surface area contributed by atoms with Crippen LogP contribution in [0.3, 0.4) is 0 Å². The van der Waals surface area contributed by atoms with Crippen molar-refractivity contribution in [2.45, 2.75) is 20.4 Å². The van der Waals surface area contributed by atoms with Gasteiger partial charge in [0.15, 0.2) is 6.54 Å². The number of aryl methyl sites for hydroxylation is 1. The zero-order chi connectivity index (χ0) is 20.8. The molecule has 0 aliphatic heterocycles. The van der Waals surface area contributed by atoms with Gasteiger partial charge in [0.25, 0.3) is 11.8 Å². The average Bonchev–Trinajstić information content (AvgIpc) is 2.90. The van der Waals surface area contributed by atoms with E-state index in [-0.39, 0.29) is 41.7 Å². The maximum atomic E-state index is 13.3. The van der Waals surface area contributed by atoms with E-state index in [1.165, 1.54) is 19.1 Å². The first kappa shape index (κ1) is 21.1. The van der Waals surface area contributed by atoms with Gasteiger partial charge in [-0.3, -0.25) is 14.9 Å². The predicted octanol–water partition coefficient (Wildman–Crippen LogP) is 0.656. The van der Waals surface area contributed by atoms with Crippen LogP contribution in [0.1, 0.15) is 39.0 Å². The van der Waals surface area contributed by atoms with E-state index >= 15 is 0 Å². The van der Waals surface area contributed by atoms with Gasteiger partial charge in [0.2, 0.25) is 5.88 Å². The number of likely N-dealkylation sites (N-methyl/N-ethyl adjacent to an activating group) is 1. The van der Waals surface area contributed by atoms with Crippen molar-refractivity contribution in [3.05, 3.63) is 52.5 Å². The normalized spacial score (nSPS) is 11.7. The molecule has 1 atom stereocenters. The van der Waals surface area contributed by atoms with Crippen LogP contribution < -0.4 is 16.0 Å². The molecule has 0 radical (unpaired) electrons. The summed E-state index contributed by atoms with van der Waals surface area (Å²) in [5.74, 6) is -2.57. The van der Waals surface area contributed by atoms with E-state index in [0.29, 0.717) is 6.54 Å². The number of hydrogen-bond acceptors (Lipinski definition) is 5. The molecule has 9 heteroatoms. The summed E-state index contributed by atoms with van der Waals surface area (Å²) in [4.78, 5) is 37.0. The van der Waals surface area contributed by atoms with Crippen LogP contribution in [0.5, 0.6) is 0 Å². The molecule has 1 aromatic carbocycles. The van der Waals surface area contributed by atoms with Gasteiger partial charge in [0.05, 0.1) is 13.7 Å². The number of primary amides is 1. The van der Waals surface area contributed by atoms with E-state index in [1.807, 2.05) is 0 Å². The Morgan fingerprint density at radius 3 is 2.61 bits per heavy atom. The molecule has 0 aliphatic carbocycles. The van der Waals surface area contributed by atoms with E-state index in [9.17, 15) is 18.8 Å². The lowest BCUT2D eigenvalue weighted by atomic mass is 10.1. The topological polar surface area (TPSA) is 116 Å². The van der Waals surface area contributed by atoms with Crippen LogP contribution in [0.15, 0.2) is 28.7 Å². The fraction of sp³-hybridized carbons (Fsp3) is 0.316. The molecule has 8 nitrogen and oxygen atoms in total. The molecule has 4 N–H and O–H groups in total. The number of halogens is 1. The third-order valence-electron chi connectivity index (χ3n) is 3.92. The number of esters is 1. The third kappa shape index (κ3) is 5.17. The minimum Gasteiger partial charge on any atom is -0.462 e. The van der Waals surface area contributed by atoms with E-state index in [0.717, 1.165) is 10.5 Å². The first-order valence-corrected chi connectivity index (χ1v) is 8.68. The van der Waals surface area contributed by atoms with E-state index in [4.69, 9.17) is 14.9 Å². The van der Waals surface area contributed by atoms with Gasteiger partial charge in [-0.15, -0.1) is 0 Å². The van der Waals surface area contributed by atoms with Gasteiger partial charge in [-0.05, 0) is 26.0 Å². The summed E-state index contributed by atoms with van der Waals surface area (Å²) in [6.07, 6.45) is 0. The van der Waals surface area contributed by atoms with Gasteiger partial charge in [0.1, 0.15) is 29.2 Å². The number of nitrogens with one attached hydrogen (secondary N) is 2. The molecule has 0 spiro atoms. The number of nitrogens with two attached hydrogens (primary N) is 1. The second-order valence-electron chi connectivity index (χ2n) is 6.31. The van der Waals surface area contributed by atoms with Gasteiger partial charge in [0, 0.05) is 5.56 Å². The number of furan rings is 1. The number of quaternary nitrogens is 1. The molecule has 0 fully saturated rings. The summed E-state index contributed by atoms with van der Waals surface area (Å²) in [5, 5.41) is 2.47. The van der Waals surface area contributed by atoms with E-state index in [2.05, 4.69) is 5.32 Å². The number of benzene rings is 1. The fourth-order valence-corrected chi connectivity index (χ4v) is 2.82. The number of carbonyl (C=O) groups is 3. The Labute approximate surface area is 161 Å². The Bertz CT molecular complexity index is 894. The second kappa shape index (κ2) is 9.14. The highest BCUT2D eigenvalue weighted by atomic mass is 19.1. The van der Waals surface area contributed by atoms with Gasteiger partial charge < -0.3 is 19.8 Å². The molecule has 1 heterocycles. The van der Waals surface area contributed by atoms with Crippen LogP contribution in [0.25, 0.3) is 0 Å². The van der Waals surface area contributed by atoms with Crippen molar-refractivity contribution in [1.29, 1.82) is 0 Å². The molecule has 0 saturated carbocycles. The largest absolute Gasteiger partial charge is 0.462 e. The second-order valence-corrected chi connectivity index (χ2v) is 6.31. The Hall–Kier alpha value is -3.20. The Morgan fingerprint density at radius 2 is 2.00 bits per heavy atom. The summed E-state index contributed by atoms with van der Waals surface area (Å²) in [6, 6.07) is 6.10. The number of anilines is 1. The van der Waals surface area contributed by atoms with Crippen molar-refractivity contribution >= 4 is 23.7 Å². The summed E-state index contributed by atoms with van der Waals surface area (Å²) in [7, 11) is 1.76. The predicted molar refractivity (Wildman–Crippen MR) is 98.4 cm³/mol. The minimum atomic E-state index is -0.921. The van der Waals surface area contributed by atoms with Gasteiger partial charge >= 0.3 is 5.97 Å². The number of ether oxygens (including phenoxy) is 1. The lowest BCUT2D eigenvalue weighted by molar-refractivity contribution is -0.885. The van der Waals surface area contributed by atoms with Gasteiger partial charge in [-0.25, -0.2) is 9.18 Å². The van der Waals surface area contributed by atoms with Crippen LogP contribution >= 0.6 is 0 Å². The molecular formula is C19H23FN3O5+. The summed E-state index contributed by atoms with van der Waals surface area (Å²) < 4.78 is 23.5. The Kier molecular flexibility index (Phi) is 6.89. The summed E-state index contributed by atoms with van der Waals surface area (Å²) >= 11 is 0. The lowest BCUT2D eigenvalue weighted by Crippen LogP contribution is -3.08. The highest BCUT2D eigenvalue weighted by molar-refractivity contribution is 6.10. The molecule has 1 unspecified atom stereocenters. The standard InChI is InChI=1S/C19H22FN3O5/c1-4-27-19(26)15-11(2)28-18(16(15)17(21)25)22-14(24)10-23(3)9-12-6-5-7-13(20)8-12/h5-8H,4,9-10H2,1-3H3,(H2,21,25)(H,22,24)/p+1. The number of amides is 2. The first-order chi connectivity index (χ1) is 13.2. The van der Waals surface area contributed by atoms with Crippen molar-refractivity contribution in [2.75, 3.05) is 25.5 Å². The molecule has 1 aromatic heterocycles. The van der Waals surface area contributed by atoms with Crippen molar-refractivity contribution < 1.29 is 32.8 Å². The summed E-state index contributed by atoms with van der Waals surface area (Å²) in [5.41, 5.74) is 5.76. The quantitative estimate of drug-likeness (QED) is 0.571. The maximum absolute atomic E-state index is 13.3. The first-order valence-electron chi connectivity index (χ1n) is 8.68. The van der Waals surface area contributed by atoms with Crippen LogP contribution in [0.2, 0.25) is 0 Å². The lowest BCUT2D eigenvalue weighted by Gasteiger charge is -2.13. The minimum absolute atomic E-state index is 0.0171. The molecular weight excluding hydrogens is 369 g/mol. The zero-order valence-corrected chi connectivity index (χ0v) is 15.9. The molecule has 150 valence electrons. The SMILES string of the molecule is CCOC(=O)c1c(C)oc(NC(=O)C[NH+](C)Cc2cccc(F)c2)c1C(N)=O. The maximum Gasteiger partial charge on any atom is 0.342 e. The third-order valence-corrected chi connectivity index (χ3v) is 3.92. The van der Waals surface area contributed by atoms with E-state index < -0.39 is 17.8 Å². The van der Waals surface area contributed by atoms with Crippen molar-refractivity contribution in [2.24, 2.45) is 5.73 Å². The monoisotopic (exact) mass is 392 g/mol. The molecule has 0 aliphatic rings.